The Morgan fingerprint density at radius 3 is 2.45 bits per heavy atom. The lowest BCUT2D eigenvalue weighted by Crippen LogP contribution is -2.34. The topological polar surface area (TPSA) is 61.8 Å². The van der Waals surface area contributed by atoms with Gasteiger partial charge in [0.05, 0.1) is 5.69 Å². The third kappa shape index (κ3) is 5.26. The number of unbranched alkanes of at least 4 members (excludes halogenated alkanes) is 1. The summed E-state index contributed by atoms with van der Waals surface area (Å²) in [5.74, 6) is -0.181. The summed E-state index contributed by atoms with van der Waals surface area (Å²) in [6, 6.07) is 15.5. The van der Waals surface area contributed by atoms with Crippen LogP contribution in [0.15, 0.2) is 53.5 Å². The number of nitrogens with zero attached hydrogens (tertiary/aromatic N) is 2. The number of anilines is 1. The minimum atomic E-state index is -0.446. The number of amidine groups is 1. The summed E-state index contributed by atoms with van der Waals surface area (Å²) in [5.41, 5.74) is 3.67. The van der Waals surface area contributed by atoms with E-state index in [0.717, 1.165) is 35.3 Å². The number of hydrogen-bond donors (Lipinski definition) is 1. The van der Waals surface area contributed by atoms with Gasteiger partial charge in [0, 0.05) is 18.7 Å². The predicted octanol–water partition coefficient (Wildman–Crippen LogP) is 5.06. The van der Waals surface area contributed by atoms with Gasteiger partial charge in [-0.3, -0.25) is 14.5 Å². The van der Waals surface area contributed by atoms with E-state index in [4.69, 9.17) is 0 Å². The number of hydrogen-bond acceptors (Lipinski definition) is 4. The molecule has 6 heteroatoms. The van der Waals surface area contributed by atoms with E-state index < -0.39 is 5.25 Å². The molecule has 29 heavy (non-hydrogen) atoms. The van der Waals surface area contributed by atoms with Crippen molar-refractivity contribution in [1.82, 2.24) is 4.90 Å². The fourth-order valence-electron chi connectivity index (χ4n) is 3.23. The summed E-state index contributed by atoms with van der Waals surface area (Å²) in [5, 5.41) is 3.22. The molecular formula is C23H27N3O2S. The molecule has 1 aliphatic heterocycles. The lowest BCUT2D eigenvalue weighted by atomic mass is 10.1. The molecule has 2 aromatic rings. The molecule has 1 saturated heterocycles. The lowest BCUT2D eigenvalue weighted by molar-refractivity contribution is -0.128. The van der Waals surface area contributed by atoms with Crippen LogP contribution in [0.3, 0.4) is 0 Å². The molecule has 0 radical (unpaired) electrons. The Bertz CT molecular complexity index is 891. The summed E-state index contributed by atoms with van der Waals surface area (Å²) in [4.78, 5) is 32.0. The number of aliphatic imine (C=N–C) groups is 1. The quantitative estimate of drug-likeness (QED) is 0.695. The first-order valence-electron chi connectivity index (χ1n) is 9.97. The number of thioether (sulfide) groups is 1. The first-order chi connectivity index (χ1) is 14.0. The van der Waals surface area contributed by atoms with E-state index in [1.165, 1.54) is 11.8 Å². The van der Waals surface area contributed by atoms with Crippen LogP contribution < -0.4 is 5.32 Å². The minimum absolute atomic E-state index is 0.0326. The zero-order chi connectivity index (χ0) is 20.8. The fourth-order valence-corrected chi connectivity index (χ4v) is 4.41. The predicted molar refractivity (Wildman–Crippen MR) is 121 cm³/mol. The van der Waals surface area contributed by atoms with E-state index in [-0.39, 0.29) is 18.2 Å². The highest BCUT2D eigenvalue weighted by molar-refractivity contribution is 8.15. The maximum absolute atomic E-state index is 13.0. The largest absolute Gasteiger partial charge is 0.326 e. The van der Waals surface area contributed by atoms with Gasteiger partial charge in [-0.05, 0) is 43.5 Å². The molecule has 0 aromatic heterocycles. The normalized spacial score (nSPS) is 17.8. The first kappa shape index (κ1) is 21.1. The van der Waals surface area contributed by atoms with Gasteiger partial charge in [0.15, 0.2) is 5.17 Å². The van der Waals surface area contributed by atoms with Gasteiger partial charge in [-0.25, -0.2) is 4.99 Å². The molecule has 152 valence electrons. The van der Waals surface area contributed by atoms with Crippen molar-refractivity contribution in [2.75, 3.05) is 11.9 Å². The number of benzene rings is 2. The van der Waals surface area contributed by atoms with Gasteiger partial charge in [-0.1, -0.05) is 61.5 Å². The average Bonchev–Trinajstić information content (AvgIpc) is 2.98. The Kier molecular flexibility index (Phi) is 7.09. The number of carbonyl (C=O) groups is 2. The van der Waals surface area contributed by atoms with E-state index in [9.17, 15) is 9.59 Å². The van der Waals surface area contributed by atoms with Crippen molar-refractivity contribution in [3.8, 4) is 0 Å². The molecule has 0 aliphatic carbocycles. The van der Waals surface area contributed by atoms with Crippen LogP contribution >= 0.6 is 11.8 Å². The molecule has 1 heterocycles. The number of para-hydroxylation sites is 2. The van der Waals surface area contributed by atoms with Crippen molar-refractivity contribution in [3.05, 3.63) is 59.7 Å². The first-order valence-corrected chi connectivity index (χ1v) is 10.9. The molecule has 2 amide bonds. The van der Waals surface area contributed by atoms with Crippen LogP contribution in [-0.2, 0) is 9.59 Å². The Balaban J connectivity index is 1.74. The Hall–Kier alpha value is -2.60. The van der Waals surface area contributed by atoms with Gasteiger partial charge < -0.3 is 5.32 Å². The van der Waals surface area contributed by atoms with Crippen molar-refractivity contribution < 1.29 is 9.59 Å². The van der Waals surface area contributed by atoms with Gasteiger partial charge in [0.2, 0.25) is 11.8 Å². The van der Waals surface area contributed by atoms with Crippen LogP contribution in [0.4, 0.5) is 11.4 Å². The monoisotopic (exact) mass is 409 g/mol. The summed E-state index contributed by atoms with van der Waals surface area (Å²) in [7, 11) is 0. The summed E-state index contributed by atoms with van der Waals surface area (Å²) >= 11 is 1.38. The molecule has 1 aliphatic rings. The molecule has 1 atom stereocenters. The number of carbonyl (C=O) groups excluding carboxylic acids is 2. The molecule has 1 fully saturated rings. The number of amides is 2. The summed E-state index contributed by atoms with van der Waals surface area (Å²) in [6.45, 7) is 6.66. The van der Waals surface area contributed by atoms with Crippen LogP contribution in [0.5, 0.6) is 0 Å². The Morgan fingerprint density at radius 2 is 1.79 bits per heavy atom. The van der Waals surface area contributed by atoms with Crippen LogP contribution in [0.25, 0.3) is 0 Å². The minimum Gasteiger partial charge on any atom is -0.326 e. The molecule has 3 rings (SSSR count). The molecule has 0 unspecified atom stereocenters. The van der Waals surface area contributed by atoms with E-state index >= 15 is 0 Å². The van der Waals surface area contributed by atoms with Crippen molar-refractivity contribution in [3.63, 3.8) is 0 Å². The fraction of sp³-hybridized carbons (Fsp3) is 0.348. The van der Waals surface area contributed by atoms with Gasteiger partial charge in [0.25, 0.3) is 0 Å². The van der Waals surface area contributed by atoms with Gasteiger partial charge in [0.1, 0.15) is 5.25 Å². The third-order valence-electron chi connectivity index (χ3n) is 4.85. The second-order valence-corrected chi connectivity index (χ2v) is 8.37. The molecule has 0 saturated carbocycles. The molecule has 0 spiro atoms. The van der Waals surface area contributed by atoms with Crippen LogP contribution in [0, 0.1) is 13.8 Å². The molecule has 5 nitrogen and oxygen atoms in total. The molecule has 1 N–H and O–H groups in total. The van der Waals surface area contributed by atoms with Crippen molar-refractivity contribution in [2.45, 2.75) is 45.3 Å². The van der Waals surface area contributed by atoms with Crippen molar-refractivity contribution >= 4 is 40.1 Å². The lowest BCUT2D eigenvalue weighted by Gasteiger charge is -2.16. The average molecular weight is 410 g/mol. The highest BCUT2D eigenvalue weighted by atomic mass is 32.2. The van der Waals surface area contributed by atoms with Gasteiger partial charge >= 0.3 is 0 Å². The number of rotatable bonds is 7. The zero-order valence-corrected chi connectivity index (χ0v) is 18.0. The third-order valence-corrected chi connectivity index (χ3v) is 6.03. The van der Waals surface area contributed by atoms with Crippen molar-refractivity contribution in [2.24, 2.45) is 4.99 Å². The highest BCUT2D eigenvalue weighted by Gasteiger charge is 2.38. The Labute approximate surface area is 176 Å². The van der Waals surface area contributed by atoms with E-state index in [0.29, 0.717) is 11.7 Å². The van der Waals surface area contributed by atoms with E-state index in [2.05, 4.69) is 17.2 Å². The maximum Gasteiger partial charge on any atom is 0.242 e. The van der Waals surface area contributed by atoms with E-state index in [1.807, 2.05) is 62.4 Å². The SMILES string of the molecule is CCCCN1C(=O)[C@H](CC(=O)Nc2c(C)cccc2C)SC1=Nc1ccccc1. The van der Waals surface area contributed by atoms with Crippen molar-refractivity contribution in [1.29, 1.82) is 0 Å². The Morgan fingerprint density at radius 1 is 1.10 bits per heavy atom. The molecule has 2 aromatic carbocycles. The zero-order valence-electron chi connectivity index (χ0n) is 17.1. The van der Waals surface area contributed by atoms with Crippen LogP contribution in [-0.4, -0.2) is 33.7 Å². The molecule has 0 bridgehead atoms. The van der Waals surface area contributed by atoms with E-state index in [1.54, 1.807) is 4.90 Å². The van der Waals surface area contributed by atoms with Crippen LogP contribution in [0.1, 0.15) is 37.3 Å². The maximum atomic E-state index is 13.0. The number of nitrogens with one attached hydrogen (secondary N) is 1. The molecular weight excluding hydrogens is 382 g/mol. The summed E-state index contributed by atoms with van der Waals surface area (Å²) in [6.07, 6.45) is 2.03. The smallest absolute Gasteiger partial charge is 0.242 e. The number of aryl methyl sites for hydroxylation is 2. The van der Waals surface area contributed by atoms with Crippen LogP contribution in [0.2, 0.25) is 0 Å². The summed E-state index contributed by atoms with van der Waals surface area (Å²) < 4.78 is 0. The van der Waals surface area contributed by atoms with Gasteiger partial charge in [-0.15, -0.1) is 0 Å². The standard InChI is InChI=1S/C23H27N3O2S/c1-4-5-14-26-22(28)19(29-23(26)24-18-12-7-6-8-13-18)15-20(27)25-21-16(2)10-9-11-17(21)3/h6-13,19H,4-5,14-15H2,1-3H3,(H,25,27)/t19-/m0/s1. The second-order valence-electron chi connectivity index (χ2n) is 7.20. The van der Waals surface area contributed by atoms with Gasteiger partial charge in [-0.2, -0.15) is 0 Å². The highest BCUT2D eigenvalue weighted by Crippen LogP contribution is 2.32. The second kappa shape index (κ2) is 9.74.